The van der Waals surface area contributed by atoms with Crippen LogP contribution in [0.15, 0.2) is 41.3 Å². The SMILES string of the molecule is CN(C)S(=O)(=O)CC[C@H]1[C@H](O)CC[C@]2(S(=O)(=O)c3ccc(Cl)cc3)c3c(F)ccc(F)c3OC[C@H]12. The Bertz CT molecular complexity index is 1330. The third-order valence-electron chi connectivity index (χ3n) is 7.18. The molecular formula is C23H26ClF2NO6S2. The number of sulfonamides is 1. The molecule has 2 aliphatic rings. The minimum Gasteiger partial charge on any atom is -0.490 e. The van der Waals surface area contributed by atoms with Crippen molar-refractivity contribution >= 4 is 31.5 Å². The Kier molecular flexibility index (Phi) is 6.95. The number of hydrogen-bond acceptors (Lipinski definition) is 6. The number of aliphatic hydroxyl groups is 1. The maximum atomic E-state index is 15.4. The third kappa shape index (κ3) is 4.25. The number of rotatable bonds is 6. The second-order valence-electron chi connectivity index (χ2n) is 9.15. The van der Waals surface area contributed by atoms with Gasteiger partial charge in [0.05, 0.1) is 28.9 Å². The van der Waals surface area contributed by atoms with Gasteiger partial charge in [-0.05, 0) is 61.6 Å². The molecule has 12 heteroatoms. The number of benzene rings is 2. The predicted octanol–water partition coefficient (Wildman–Crippen LogP) is 3.35. The van der Waals surface area contributed by atoms with Gasteiger partial charge in [-0.15, -0.1) is 0 Å². The quantitative estimate of drug-likeness (QED) is 0.593. The second kappa shape index (κ2) is 9.26. The molecule has 1 N–H and O–H groups in total. The van der Waals surface area contributed by atoms with Crippen LogP contribution >= 0.6 is 11.6 Å². The van der Waals surface area contributed by atoms with Crippen molar-refractivity contribution in [3.05, 3.63) is 58.6 Å². The van der Waals surface area contributed by atoms with Crippen molar-refractivity contribution in [3.63, 3.8) is 0 Å². The van der Waals surface area contributed by atoms with E-state index in [0.717, 1.165) is 16.4 Å². The van der Waals surface area contributed by atoms with E-state index in [1.54, 1.807) is 0 Å². The van der Waals surface area contributed by atoms with E-state index < -0.39 is 65.5 Å². The largest absolute Gasteiger partial charge is 0.490 e. The zero-order valence-electron chi connectivity index (χ0n) is 19.1. The number of aliphatic hydroxyl groups excluding tert-OH is 1. The van der Waals surface area contributed by atoms with Crippen LogP contribution in [0.25, 0.3) is 0 Å². The molecule has 1 aliphatic carbocycles. The Hall–Kier alpha value is -1.79. The normalized spacial score (nSPS) is 26.7. The number of nitrogens with zero attached hydrogens (tertiary/aromatic N) is 1. The van der Waals surface area contributed by atoms with Crippen molar-refractivity contribution in [1.82, 2.24) is 4.31 Å². The van der Waals surface area contributed by atoms with Gasteiger partial charge >= 0.3 is 0 Å². The minimum absolute atomic E-state index is 0.0502. The van der Waals surface area contributed by atoms with Crippen LogP contribution in [0.2, 0.25) is 5.02 Å². The maximum absolute atomic E-state index is 15.4. The van der Waals surface area contributed by atoms with Crippen molar-refractivity contribution in [3.8, 4) is 5.75 Å². The number of hydrogen-bond donors (Lipinski definition) is 1. The summed E-state index contributed by atoms with van der Waals surface area (Å²) in [4.78, 5) is -0.139. The van der Waals surface area contributed by atoms with E-state index in [0.29, 0.717) is 5.02 Å². The van der Waals surface area contributed by atoms with Gasteiger partial charge in [0.1, 0.15) is 10.6 Å². The van der Waals surface area contributed by atoms with Gasteiger partial charge in [0.25, 0.3) is 0 Å². The first-order valence-electron chi connectivity index (χ1n) is 11.0. The number of fused-ring (bicyclic) bond motifs is 3. The highest BCUT2D eigenvalue weighted by Crippen LogP contribution is 2.58. The molecule has 0 unspecified atom stereocenters. The summed E-state index contributed by atoms with van der Waals surface area (Å²) in [5.74, 6) is -4.57. The number of ether oxygens (including phenoxy) is 1. The Morgan fingerprint density at radius 1 is 1.09 bits per heavy atom. The number of halogens is 3. The summed E-state index contributed by atoms with van der Waals surface area (Å²) < 4.78 is 88.1. The van der Waals surface area contributed by atoms with Crippen LogP contribution in [0.3, 0.4) is 0 Å². The van der Waals surface area contributed by atoms with E-state index in [1.807, 2.05) is 0 Å². The average molecular weight is 550 g/mol. The average Bonchev–Trinajstić information content (AvgIpc) is 2.80. The summed E-state index contributed by atoms with van der Waals surface area (Å²) in [6.45, 7) is -0.329. The van der Waals surface area contributed by atoms with Gasteiger partial charge in [0, 0.05) is 25.0 Å². The first-order valence-corrected chi connectivity index (χ1v) is 14.5. The molecule has 7 nitrogen and oxygen atoms in total. The van der Waals surface area contributed by atoms with Crippen molar-refractivity contribution in [2.75, 3.05) is 26.5 Å². The molecule has 4 atom stereocenters. The zero-order chi connectivity index (χ0) is 25.8. The van der Waals surface area contributed by atoms with Crippen LogP contribution in [0.1, 0.15) is 24.8 Å². The lowest BCUT2D eigenvalue weighted by molar-refractivity contribution is -0.0216. The van der Waals surface area contributed by atoms with E-state index in [1.165, 1.54) is 38.4 Å². The summed E-state index contributed by atoms with van der Waals surface area (Å²) in [6, 6.07) is 7.10. The monoisotopic (exact) mass is 549 g/mol. The van der Waals surface area contributed by atoms with Gasteiger partial charge in [-0.1, -0.05) is 11.6 Å². The van der Waals surface area contributed by atoms with Gasteiger partial charge in [0.15, 0.2) is 21.4 Å². The van der Waals surface area contributed by atoms with Gasteiger partial charge in [-0.25, -0.2) is 29.9 Å². The van der Waals surface area contributed by atoms with E-state index >= 15 is 4.39 Å². The molecule has 0 saturated heterocycles. The molecule has 0 spiro atoms. The lowest BCUT2D eigenvalue weighted by atomic mass is 9.65. The molecule has 2 aromatic rings. The third-order valence-corrected chi connectivity index (χ3v) is 11.9. The molecule has 1 heterocycles. The fourth-order valence-electron chi connectivity index (χ4n) is 5.34. The van der Waals surface area contributed by atoms with Crippen LogP contribution < -0.4 is 4.74 Å². The summed E-state index contributed by atoms with van der Waals surface area (Å²) >= 11 is 5.94. The standard InChI is InChI=1S/C23H26ClF2NO6S2/c1-27(2)34(29,30)12-10-16-17-13-33-22-19(26)8-7-18(25)21(22)23(17,11-9-20(16)28)35(31,32)15-5-3-14(24)4-6-15/h3-8,16-17,20,28H,9-13H2,1-2H3/t16-,17-,20-,23-/m1/s1. The van der Waals surface area contributed by atoms with Crippen LogP contribution in [0.5, 0.6) is 5.75 Å². The molecule has 4 rings (SSSR count). The molecule has 0 bridgehead atoms. The topological polar surface area (TPSA) is 101 Å². The summed E-state index contributed by atoms with van der Waals surface area (Å²) in [6.07, 6.45) is -1.38. The second-order valence-corrected chi connectivity index (χ2v) is 14.1. The zero-order valence-corrected chi connectivity index (χ0v) is 21.5. The van der Waals surface area contributed by atoms with E-state index in [-0.39, 0.29) is 36.5 Å². The lowest BCUT2D eigenvalue weighted by Gasteiger charge is -2.52. The fraction of sp³-hybridized carbons (Fsp3) is 0.478. The molecule has 0 aromatic heterocycles. The highest BCUT2D eigenvalue weighted by atomic mass is 35.5. The molecule has 192 valence electrons. The van der Waals surface area contributed by atoms with E-state index in [2.05, 4.69) is 0 Å². The first-order chi connectivity index (χ1) is 16.3. The van der Waals surface area contributed by atoms with E-state index in [9.17, 15) is 26.3 Å². The highest BCUT2D eigenvalue weighted by Gasteiger charge is 2.62. The molecule has 0 radical (unpaired) electrons. The van der Waals surface area contributed by atoms with Crippen LogP contribution in [0.4, 0.5) is 8.78 Å². The first kappa shape index (κ1) is 26.3. The molecule has 35 heavy (non-hydrogen) atoms. The van der Waals surface area contributed by atoms with Crippen LogP contribution in [-0.4, -0.2) is 58.8 Å². The van der Waals surface area contributed by atoms with Gasteiger partial charge in [-0.3, -0.25) is 0 Å². The Morgan fingerprint density at radius 3 is 2.34 bits per heavy atom. The highest BCUT2D eigenvalue weighted by molar-refractivity contribution is 7.92. The van der Waals surface area contributed by atoms with Gasteiger partial charge in [0.2, 0.25) is 10.0 Å². The van der Waals surface area contributed by atoms with Crippen LogP contribution in [-0.2, 0) is 24.6 Å². The fourth-order valence-corrected chi connectivity index (χ4v) is 8.80. The predicted molar refractivity (Wildman–Crippen MR) is 126 cm³/mol. The van der Waals surface area contributed by atoms with Crippen molar-refractivity contribution in [1.29, 1.82) is 0 Å². The number of sulfone groups is 1. The molecule has 2 aromatic carbocycles. The van der Waals surface area contributed by atoms with Crippen LogP contribution in [0, 0.1) is 23.5 Å². The molecule has 0 amide bonds. The smallest absolute Gasteiger partial charge is 0.213 e. The molecule has 1 saturated carbocycles. The van der Waals surface area contributed by atoms with Crippen molar-refractivity contribution < 1.29 is 35.5 Å². The molecular weight excluding hydrogens is 524 g/mol. The summed E-state index contributed by atoms with van der Waals surface area (Å²) in [5, 5.41) is 11.2. The lowest BCUT2D eigenvalue weighted by Crippen LogP contribution is -2.57. The van der Waals surface area contributed by atoms with Crippen molar-refractivity contribution in [2.45, 2.75) is 35.0 Å². The van der Waals surface area contributed by atoms with Gasteiger partial charge in [-0.2, -0.15) is 0 Å². The molecule has 1 fully saturated rings. The van der Waals surface area contributed by atoms with E-state index in [4.69, 9.17) is 16.3 Å². The maximum Gasteiger partial charge on any atom is 0.213 e. The Labute approximate surface area is 208 Å². The summed E-state index contributed by atoms with van der Waals surface area (Å²) in [7, 11) is -5.31. The minimum atomic E-state index is -4.40. The Balaban J connectivity index is 1.93. The summed E-state index contributed by atoms with van der Waals surface area (Å²) in [5.41, 5.74) is -0.420. The Morgan fingerprint density at radius 2 is 1.71 bits per heavy atom. The van der Waals surface area contributed by atoms with Crippen molar-refractivity contribution in [2.24, 2.45) is 11.8 Å². The molecule has 1 aliphatic heterocycles. The van der Waals surface area contributed by atoms with Gasteiger partial charge < -0.3 is 9.84 Å².